The van der Waals surface area contributed by atoms with Gasteiger partial charge in [-0.05, 0) is 105 Å². The fraction of sp³-hybridized carbons (Fsp3) is 0.571. The van der Waals surface area contributed by atoms with Crippen LogP contribution in [0.3, 0.4) is 0 Å². The van der Waals surface area contributed by atoms with E-state index in [2.05, 4.69) is 43.5 Å². The summed E-state index contributed by atoms with van der Waals surface area (Å²) in [5.41, 5.74) is 2.19. The number of benzene rings is 1. The van der Waals surface area contributed by atoms with Crippen LogP contribution in [0.1, 0.15) is 67.9 Å². The first kappa shape index (κ1) is 27.5. The molecule has 200 valence electrons. The Balaban J connectivity index is 1.45. The van der Waals surface area contributed by atoms with E-state index in [4.69, 9.17) is 9.72 Å². The van der Waals surface area contributed by atoms with E-state index in [-0.39, 0.29) is 17.7 Å². The highest BCUT2D eigenvalue weighted by molar-refractivity contribution is 9.10. The molecule has 0 radical (unpaired) electrons. The number of rotatable bonds is 9. The van der Waals surface area contributed by atoms with Gasteiger partial charge in [0.1, 0.15) is 11.5 Å². The summed E-state index contributed by atoms with van der Waals surface area (Å²) in [5.74, 6) is 2.05. The number of carbonyl (C=O) groups is 2. The lowest BCUT2D eigenvalue weighted by Crippen LogP contribution is -2.43. The number of piperidine rings is 1. The van der Waals surface area contributed by atoms with Crippen LogP contribution in [-0.4, -0.2) is 59.8 Å². The van der Waals surface area contributed by atoms with Crippen LogP contribution in [-0.2, 0) is 11.2 Å². The van der Waals surface area contributed by atoms with Crippen LogP contribution in [0.15, 0.2) is 28.9 Å². The minimum absolute atomic E-state index is 0.0887. The van der Waals surface area contributed by atoms with E-state index in [1.165, 1.54) is 12.8 Å². The number of likely N-dealkylation sites (tertiary alicyclic amines) is 1. The Labute approximate surface area is 228 Å². The van der Waals surface area contributed by atoms with Gasteiger partial charge in [0.05, 0.1) is 23.0 Å². The van der Waals surface area contributed by atoms with Gasteiger partial charge in [0.15, 0.2) is 0 Å². The molecular formula is C28H38BrN5O3. The fourth-order valence-electron chi connectivity index (χ4n) is 5.52. The van der Waals surface area contributed by atoms with Gasteiger partial charge in [-0.1, -0.05) is 12.8 Å². The molecule has 37 heavy (non-hydrogen) atoms. The van der Waals surface area contributed by atoms with Gasteiger partial charge in [0, 0.05) is 24.2 Å². The van der Waals surface area contributed by atoms with Gasteiger partial charge in [0.25, 0.3) is 5.91 Å². The molecule has 2 aliphatic rings. The first-order valence-electron chi connectivity index (χ1n) is 13.3. The summed E-state index contributed by atoms with van der Waals surface area (Å²) in [6.07, 6.45) is 9.75. The smallest absolute Gasteiger partial charge is 0.251 e. The maximum Gasteiger partial charge on any atom is 0.251 e. The number of halogens is 1. The standard InChI is InChI=1S/C28H38BrN5O3/c1-18(35)14-19-6-4-5-7-20(19)15-25-23(29)17-30-28(33-25)32-24-9-8-21(16-26(24)37-3)27(36)31-22-10-12-34(2)13-11-22/h8-9,16-17,19-20,22H,4-7,10-15H2,1-3H3,(H,31,36)(H,30,32,33)/t19-,20-/m0/s1. The van der Waals surface area contributed by atoms with E-state index in [0.29, 0.717) is 41.2 Å². The second-order valence-electron chi connectivity index (χ2n) is 10.5. The molecule has 2 atom stereocenters. The number of Topliss-reactive ketones (excluding diaryl/α,β-unsaturated/α-hetero) is 1. The number of methoxy groups -OCH3 is 1. The highest BCUT2D eigenvalue weighted by Crippen LogP contribution is 2.36. The predicted molar refractivity (Wildman–Crippen MR) is 148 cm³/mol. The van der Waals surface area contributed by atoms with Crippen molar-refractivity contribution in [2.75, 3.05) is 32.6 Å². The highest BCUT2D eigenvalue weighted by atomic mass is 79.9. The molecule has 1 aromatic heterocycles. The second-order valence-corrected chi connectivity index (χ2v) is 11.3. The molecule has 0 spiro atoms. The molecule has 1 amide bonds. The third kappa shape index (κ3) is 7.51. The number of amides is 1. The van der Waals surface area contributed by atoms with Gasteiger partial charge in [0.2, 0.25) is 5.95 Å². The number of anilines is 2. The van der Waals surface area contributed by atoms with E-state index < -0.39 is 0 Å². The fourth-order valence-corrected chi connectivity index (χ4v) is 5.88. The van der Waals surface area contributed by atoms with E-state index in [1.54, 1.807) is 32.4 Å². The van der Waals surface area contributed by atoms with E-state index in [0.717, 1.165) is 55.4 Å². The average Bonchev–Trinajstić information content (AvgIpc) is 2.88. The number of aromatic nitrogens is 2. The van der Waals surface area contributed by atoms with Crippen molar-refractivity contribution < 1.29 is 14.3 Å². The Morgan fingerprint density at radius 3 is 2.57 bits per heavy atom. The lowest BCUT2D eigenvalue weighted by Gasteiger charge is -2.31. The molecule has 1 aromatic carbocycles. The van der Waals surface area contributed by atoms with Crippen molar-refractivity contribution in [2.45, 2.75) is 64.3 Å². The molecule has 1 aliphatic heterocycles. The molecule has 9 heteroatoms. The Bertz CT molecular complexity index is 1100. The number of nitrogens with one attached hydrogen (secondary N) is 2. The largest absolute Gasteiger partial charge is 0.495 e. The number of nitrogens with zero attached hydrogens (tertiary/aromatic N) is 3. The minimum atomic E-state index is -0.0887. The Kier molecular flexibility index (Phi) is 9.54. The van der Waals surface area contributed by atoms with Crippen molar-refractivity contribution in [3.05, 3.63) is 40.1 Å². The van der Waals surface area contributed by atoms with Crippen LogP contribution >= 0.6 is 15.9 Å². The molecule has 2 N–H and O–H groups in total. The second kappa shape index (κ2) is 12.8. The number of hydrogen-bond acceptors (Lipinski definition) is 7. The maximum absolute atomic E-state index is 12.8. The van der Waals surface area contributed by atoms with Gasteiger partial charge in [-0.2, -0.15) is 0 Å². The summed E-state index contributed by atoms with van der Waals surface area (Å²) in [6.45, 7) is 3.67. The maximum atomic E-state index is 12.8. The van der Waals surface area contributed by atoms with Gasteiger partial charge in [-0.25, -0.2) is 9.97 Å². The first-order valence-corrected chi connectivity index (χ1v) is 14.1. The van der Waals surface area contributed by atoms with Crippen LogP contribution < -0.4 is 15.4 Å². The van der Waals surface area contributed by atoms with Crippen molar-refractivity contribution >= 4 is 39.3 Å². The number of hydrogen-bond donors (Lipinski definition) is 2. The summed E-state index contributed by atoms with van der Waals surface area (Å²) >= 11 is 3.62. The van der Waals surface area contributed by atoms with Crippen LogP contribution in [0.2, 0.25) is 0 Å². The van der Waals surface area contributed by atoms with Crippen LogP contribution in [0.4, 0.5) is 11.6 Å². The molecule has 0 unspecified atom stereocenters. The van der Waals surface area contributed by atoms with Crippen molar-refractivity contribution in [3.63, 3.8) is 0 Å². The van der Waals surface area contributed by atoms with Gasteiger partial charge >= 0.3 is 0 Å². The molecule has 8 nitrogen and oxygen atoms in total. The minimum Gasteiger partial charge on any atom is -0.495 e. The monoisotopic (exact) mass is 571 g/mol. The zero-order valence-corrected chi connectivity index (χ0v) is 23.6. The zero-order valence-electron chi connectivity index (χ0n) is 22.1. The lowest BCUT2D eigenvalue weighted by atomic mass is 9.75. The van der Waals surface area contributed by atoms with E-state index in [9.17, 15) is 9.59 Å². The van der Waals surface area contributed by atoms with Gasteiger partial charge in [-0.3, -0.25) is 4.79 Å². The Morgan fingerprint density at radius 1 is 1.14 bits per heavy atom. The molecule has 0 bridgehead atoms. The Hall–Kier alpha value is -2.52. The number of ketones is 1. The molecule has 1 saturated heterocycles. The van der Waals surface area contributed by atoms with Crippen molar-refractivity contribution in [1.29, 1.82) is 0 Å². The topological polar surface area (TPSA) is 96.5 Å². The highest BCUT2D eigenvalue weighted by Gasteiger charge is 2.27. The van der Waals surface area contributed by atoms with Crippen molar-refractivity contribution in [2.24, 2.45) is 11.8 Å². The van der Waals surface area contributed by atoms with Gasteiger partial charge in [-0.15, -0.1) is 0 Å². The predicted octanol–water partition coefficient (Wildman–Crippen LogP) is 5.14. The molecule has 1 aliphatic carbocycles. The average molecular weight is 573 g/mol. The SMILES string of the molecule is COc1cc(C(=O)NC2CCN(C)CC2)ccc1Nc1ncc(Br)c(C[C@@H]2CCCC[C@H]2CC(C)=O)n1. The van der Waals surface area contributed by atoms with E-state index >= 15 is 0 Å². The van der Waals surface area contributed by atoms with Crippen molar-refractivity contribution in [1.82, 2.24) is 20.2 Å². The third-order valence-corrected chi connectivity index (χ3v) is 8.31. The molecule has 4 rings (SSSR count). The summed E-state index contributed by atoms with van der Waals surface area (Å²) in [7, 11) is 3.69. The summed E-state index contributed by atoms with van der Waals surface area (Å²) in [4.78, 5) is 36.2. The number of carbonyl (C=O) groups excluding carboxylic acids is 2. The van der Waals surface area contributed by atoms with Crippen molar-refractivity contribution in [3.8, 4) is 5.75 Å². The lowest BCUT2D eigenvalue weighted by molar-refractivity contribution is -0.118. The van der Waals surface area contributed by atoms with Crippen LogP contribution in [0, 0.1) is 11.8 Å². The van der Waals surface area contributed by atoms with E-state index in [1.807, 2.05) is 6.07 Å². The molecule has 2 aromatic rings. The molecule has 1 saturated carbocycles. The summed E-state index contributed by atoms with van der Waals surface area (Å²) < 4.78 is 6.47. The number of ether oxygens (including phenoxy) is 1. The normalized spacial score (nSPS) is 20.9. The quantitative estimate of drug-likeness (QED) is 0.430. The van der Waals surface area contributed by atoms with Crippen LogP contribution in [0.5, 0.6) is 5.75 Å². The molecular weight excluding hydrogens is 534 g/mol. The third-order valence-electron chi connectivity index (χ3n) is 7.65. The molecule has 2 fully saturated rings. The zero-order chi connectivity index (χ0) is 26.4. The summed E-state index contributed by atoms with van der Waals surface area (Å²) in [5, 5.41) is 6.42. The first-order chi connectivity index (χ1) is 17.8. The Morgan fingerprint density at radius 2 is 1.86 bits per heavy atom. The summed E-state index contributed by atoms with van der Waals surface area (Å²) in [6, 6.07) is 5.57. The molecule has 2 heterocycles. The van der Waals surface area contributed by atoms with Gasteiger partial charge < -0.3 is 25.1 Å². The van der Waals surface area contributed by atoms with Crippen LogP contribution in [0.25, 0.3) is 0 Å².